The van der Waals surface area contributed by atoms with Crippen molar-refractivity contribution in [1.29, 1.82) is 5.26 Å². The Morgan fingerprint density at radius 3 is 2.54 bits per heavy atom. The van der Waals surface area contributed by atoms with Gasteiger partial charge in [0.2, 0.25) is 0 Å². The summed E-state index contributed by atoms with van der Waals surface area (Å²) in [6, 6.07) is 13.2. The highest BCUT2D eigenvalue weighted by molar-refractivity contribution is 7.89. The number of sulfonamides is 1. The minimum Gasteiger partial charge on any atom is -0.489 e. The van der Waals surface area contributed by atoms with Crippen LogP contribution in [0.4, 0.5) is 0 Å². The van der Waals surface area contributed by atoms with E-state index in [-0.39, 0.29) is 13.2 Å². The van der Waals surface area contributed by atoms with E-state index in [1.54, 1.807) is 12.1 Å². The Bertz CT molecular complexity index is 1280. The number of nitrogens with zero attached hydrogens (tertiary/aromatic N) is 3. The molecule has 0 unspecified atom stereocenters. The van der Waals surface area contributed by atoms with Crippen LogP contribution in [0.5, 0.6) is 11.5 Å². The molecule has 8 nitrogen and oxygen atoms in total. The lowest BCUT2D eigenvalue weighted by atomic mass is 9.77. The first-order valence-electron chi connectivity index (χ1n) is 10.8. The number of halogens is 2. The van der Waals surface area contributed by atoms with E-state index in [0.29, 0.717) is 52.4 Å². The molecule has 0 spiro atoms. The van der Waals surface area contributed by atoms with Crippen molar-refractivity contribution < 1.29 is 17.9 Å². The van der Waals surface area contributed by atoms with Crippen molar-refractivity contribution >= 4 is 44.6 Å². The molecular formula is C24H26Cl2N4O4S. The van der Waals surface area contributed by atoms with E-state index in [4.69, 9.17) is 32.7 Å². The summed E-state index contributed by atoms with van der Waals surface area (Å²) in [5.41, 5.74) is 5.41. The van der Waals surface area contributed by atoms with Crippen molar-refractivity contribution in [3.8, 4) is 17.6 Å². The molecule has 1 aliphatic rings. The molecular weight excluding hydrogens is 511 g/mol. The first-order chi connectivity index (χ1) is 16.5. The molecule has 11 heteroatoms. The summed E-state index contributed by atoms with van der Waals surface area (Å²) in [6.45, 7) is 4.91. The van der Waals surface area contributed by atoms with Gasteiger partial charge in [-0.3, -0.25) is 0 Å². The summed E-state index contributed by atoms with van der Waals surface area (Å²) in [5, 5.41) is 14.1. The predicted octanol–water partition coefficient (Wildman–Crippen LogP) is 4.28. The highest BCUT2D eigenvalue weighted by Crippen LogP contribution is 2.38. The summed E-state index contributed by atoms with van der Waals surface area (Å²) in [7, 11) is -3.52. The van der Waals surface area contributed by atoms with E-state index in [0.717, 1.165) is 17.4 Å². The first-order valence-corrected chi connectivity index (χ1v) is 13.6. The van der Waals surface area contributed by atoms with E-state index in [1.165, 1.54) is 0 Å². The molecule has 0 saturated heterocycles. The van der Waals surface area contributed by atoms with Gasteiger partial charge in [0.25, 0.3) is 10.0 Å². The molecule has 0 amide bonds. The molecule has 0 bridgehead atoms. The molecule has 0 aromatic heterocycles. The van der Waals surface area contributed by atoms with Crippen molar-refractivity contribution in [3.63, 3.8) is 0 Å². The molecule has 3 rings (SSSR count). The lowest BCUT2D eigenvalue weighted by molar-refractivity contribution is 0.341. The van der Waals surface area contributed by atoms with Crippen molar-refractivity contribution in [2.45, 2.75) is 25.7 Å². The topological polar surface area (TPSA) is 113 Å². The van der Waals surface area contributed by atoms with Crippen LogP contribution in [0.3, 0.4) is 0 Å². The summed E-state index contributed by atoms with van der Waals surface area (Å²) >= 11 is 12.1. The van der Waals surface area contributed by atoms with E-state index < -0.39 is 15.4 Å². The minimum atomic E-state index is -3.52. The van der Waals surface area contributed by atoms with Gasteiger partial charge in [-0.05, 0) is 35.4 Å². The quantitative estimate of drug-likeness (QED) is 0.478. The second-order valence-corrected chi connectivity index (χ2v) is 10.8. The number of hydrogen-bond donors (Lipinski definition) is 1. The Morgan fingerprint density at radius 2 is 1.91 bits per heavy atom. The average molecular weight is 537 g/mol. The second kappa shape index (κ2) is 11.3. The molecule has 0 atom stereocenters. The van der Waals surface area contributed by atoms with Gasteiger partial charge < -0.3 is 14.9 Å². The highest BCUT2D eigenvalue weighted by atomic mass is 35.5. The van der Waals surface area contributed by atoms with Crippen molar-refractivity contribution in [2.24, 2.45) is 9.50 Å². The zero-order valence-electron chi connectivity index (χ0n) is 19.6. The molecule has 2 aromatic rings. The number of nitrogens with one attached hydrogen (secondary N) is 1. The van der Waals surface area contributed by atoms with E-state index in [1.807, 2.05) is 38.1 Å². The SMILES string of the molecule is CC(C)(c1ccc(OCC2=NNCC/C2=N/S(C)(=O)=O)cc1)c1cc(Cl)c(OCCCl)c(C#N)c1. The van der Waals surface area contributed by atoms with Crippen LogP contribution in [0.2, 0.25) is 5.02 Å². The molecule has 1 heterocycles. The zero-order chi connectivity index (χ0) is 25.6. The van der Waals surface area contributed by atoms with E-state index in [9.17, 15) is 13.7 Å². The van der Waals surface area contributed by atoms with Crippen LogP contribution in [0.15, 0.2) is 45.9 Å². The minimum absolute atomic E-state index is 0.0784. The van der Waals surface area contributed by atoms with Gasteiger partial charge in [-0.25, -0.2) is 8.42 Å². The Morgan fingerprint density at radius 1 is 1.20 bits per heavy atom. The third-order valence-electron chi connectivity index (χ3n) is 5.46. The van der Waals surface area contributed by atoms with Gasteiger partial charge in [-0.1, -0.05) is 37.6 Å². The van der Waals surface area contributed by atoms with Crippen molar-refractivity contribution in [3.05, 3.63) is 58.1 Å². The fraction of sp³-hybridized carbons (Fsp3) is 0.375. The lowest BCUT2D eigenvalue weighted by Gasteiger charge is -2.27. The normalized spacial score (nSPS) is 15.2. The van der Waals surface area contributed by atoms with Gasteiger partial charge in [0.1, 0.15) is 30.7 Å². The Hall–Kier alpha value is -2.80. The summed E-state index contributed by atoms with van der Waals surface area (Å²) in [6.07, 6.45) is 1.50. The maximum Gasteiger partial charge on any atom is 0.250 e. The third kappa shape index (κ3) is 6.88. The van der Waals surface area contributed by atoms with Crippen LogP contribution in [0.1, 0.15) is 37.0 Å². The van der Waals surface area contributed by atoms with Gasteiger partial charge in [-0.2, -0.15) is 14.8 Å². The van der Waals surface area contributed by atoms with Crippen LogP contribution >= 0.6 is 23.2 Å². The number of hydrogen-bond acceptors (Lipinski definition) is 7. The monoisotopic (exact) mass is 536 g/mol. The highest BCUT2D eigenvalue weighted by Gasteiger charge is 2.26. The lowest BCUT2D eigenvalue weighted by Crippen LogP contribution is -2.33. The Balaban J connectivity index is 1.78. The molecule has 35 heavy (non-hydrogen) atoms. The fourth-order valence-electron chi connectivity index (χ4n) is 3.56. The maximum absolute atomic E-state index is 11.6. The molecule has 1 aliphatic heterocycles. The van der Waals surface area contributed by atoms with Crippen LogP contribution in [0.25, 0.3) is 0 Å². The Kier molecular flexibility index (Phi) is 8.65. The van der Waals surface area contributed by atoms with Gasteiger partial charge in [0.15, 0.2) is 5.75 Å². The standard InChI is InChI=1S/C24H26Cl2N4O4S/c1-24(2,18-12-16(14-27)23(20(26)13-18)33-11-9-25)17-4-6-19(7-5-17)34-15-22-21(8-10-28-29-22)30-35(3,31)32/h4-7,12-13,28H,8-11,15H2,1-3H3/b30-21-. The van der Waals surface area contributed by atoms with Crippen molar-refractivity contribution in [2.75, 3.05) is 31.9 Å². The molecule has 0 saturated carbocycles. The average Bonchev–Trinajstić information content (AvgIpc) is 2.81. The Labute approximate surface area is 215 Å². The number of rotatable bonds is 9. The predicted molar refractivity (Wildman–Crippen MR) is 139 cm³/mol. The van der Waals surface area contributed by atoms with Gasteiger partial charge in [0, 0.05) is 18.4 Å². The molecule has 1 N–H and O–H groups in total. The van der Waals surface area contributed by atoms with Gasteiger partial charge >= 0.3 is 0 Å². The van der Waals surface area contributed by atoms with Crippen LogP contribution in [-0.2, 0) is 15.4 Å². The fourth-order valence-corrected chi connectivity index (χ4v) is 4.51. The largest absolute Gasteiger partial charge is 0.489 e. The third-order valence-corrected chi connectivity index (χ3v) is 6.44. The van der Waals surface area contributed by atoms with Gasteiger partial charge in [-0.15, -0.1) is 11.6 Å². The zero-order valence-corrected chi connectivity index (χ0v) is 22.0. The molecule has 0 radical (unpaired) electrons. The molecule has 0 fully saturated rings. The number of benzene rings is 2. The summed E-state index contributed by atoms with van der Waals surface area (Å²) in [5.74, 6) is 1.22. The summed E-state index contributed by atoms with van der Waals surface area (Å²) in [4.78, 5) is 0. The molecule has 0 aliphatic carbocycles. The first kappa shape index (κ1) is 26.8. The van der Waals surface area contributed by atoms with Crippen molar-refractivity contribution in [1.82, 2.24) is 5.43 Å². The van der Waals surface area contributed by atoms with Crippen LogP contribution in [0, 0.1) is 11.3 Å². The molecule has 2 aromatic carbocycles. The number of nitriles is 1. The number of hydrazone groups is 1. The van der Waals surface area contributed by atoms with E-state index in [2.05, 4.69) is 21.0 Å². The van der Waals surface area contributed by atoms with Crippen LogP contribution < -0.4 is 14.9 Å². The second-order valence-electron chi connectivity index (χ2n) is 8.41. The van der Waals surface area contributed by atoms with Gasteiger partial charge in [0.05, 0.1) is 28.4 Å². The summed E-state index contributed by atoms with van der Waals surface area (Å²) < 4.78 is 38.3. The number of ether oxygens (including phenoxy) is 2. The van der Waals surface area contributed by atoms with E-state index >= 15 is 0 Å². The number of alkyl halides is 1. The smallest absolute Gasteiger partial charge is 0.250 e. The molecule has 186 valence electrons. The maximum atomic E-state index is 11.6. The van der Waals surface area contributed by atoms with Crippen LogP contribution in [-0.4, -0.2) is 51.7 Å².